The second-order valence-corrected chi connectivity index (χ2v) is 12.1. The maximum Gasteiger partial charge on any atom is 0.243 e. The van der Waals surface area contributed by atoms with E-state index in [0.717, 1.165) is 43.1 Å². The molecular formula is C23H31N3O5S2. The summed E-state index contributed by atoms with van der Waals surface area (Å²) in [7, 11) is -6.91. The van der Waals surface area contributed by atoms with E-state index in [1.54, 1.807) is 53.7 Å². The Balaban J connectivity index is 1.58. The molecule has 33 heavy (non-hydrogen) atoms. The molecule has 1 amide bonds. The summed E-state index contributed by atoms with van der Waals surface area (Å²) < 4.78 is 52.8. The minimum atomic E-state index is -3.49. The van der Waals surface area contributed by atoms with Gasteiger partial charge in [0.25, 0.3) is 0 Å². The molecule has 8 nitrogen and oxygen atoms in total. The van der Waals surface area contributed by atoms with E-state index in [0.29, 0.717) is 30.9 Å². The molecule has 0 unspecified atom stereocenters. The number of amides is 1. The van der Waals surface area contributed by atoms with E-state index in [1.807, 2.05) is 0 Å². The normalized spacial score (nSPS) is 15.6. The maximum absolute atomic E-state index is 12.9. The third-order valence-corrected chi connectivity index (χ3v) is 8.09. The molecule has 0 atom stereocenters. The van der Waals surface area contributed by atoms with Gasteiger partial charge in [-0.1, -0.05) is 31.0 Å². The van der Waals surface area contributed by atoms with Gasteiger partial charge in [0.05, 0.1) is 16.8 Å². The van der Waals surface area contributed by atoms with Crippen LogP contribution in [0.4, 0.5) is 11.4 Å². The molecular weight excluding hydrogens is 462 g/mol. The van der Waals surface area contributed by atoms with Crippen LogP contribution >= 0.6 is 0 Å². The molecule has 0 aromatic heterocycles. The second-order valence-electron chi connectivity index (χ2n) is 8.41. The van der Waals surface area contributed by atoms with Gasteiger partial charge < -0.3 is 5.32 Å². The van der Waals surface area contributed by atoms with Crippen molar-refractivity contribution in [3.63, 3.8) is 0 Å². The minimum Gasteiger partial charge on any atom is -0.326 e. The zero-order valence-corrected chi connectivity index (χ0v) is 20.6. The fraction of sp³-hybridized carbons (Fsp3) is 0.435. The van der Waals surface area contributed by atoms with Crippen molar-refractivity contribution in [2.24, 2.45) is 0 Å². The maximum atomic E-state index is 12.9. The summed E-state index contributed by atoms with van der Waals surface area (Å²) in [5.41, 5.74) is 2.52. The van der Waals surface area contributed by atoms with E-state index >= 15 is 0 Å². The van der Waals surface area contributed by atoms with Crippen LogP contribution < -0.4 is 10.0 Å². The summed E-state index contributed by atoms with van der Waals surface area (Å²) in [6, 6.07) is 11.7. The number of hydrogen-bond donors (Lipinski definition) is 2. The Bertz CT molecular complexity index is 1190. The molecule has 2 aromatic rings. The van der Waals surface area contributed by atoms with Crippen LogP contribution in [0, 0.1) is 6.92 Å². The summed E-state index contributed by atoms with van der Waals surface area (Å²) >= 11 is 0. The van der Waals surface area contributed by atoms with Crippen molar-refractivity contribution in [2.75, 3.05) is 29.4 Å². The first-order valence-corrected chi connectivity index (χ1v) is 14.4. The van der Waals surface area contributed by atoms with Crippen molar-refractivity contribution < 1.29 is 21.6 Å². The molecule has 1 saturated heterocycles. The molecule has 2 aromatic carbocycles. The van der Waals surface area contributed by atoms with Crippen LogP contribution in [-0.2, 0) is 31.3 Å². The largest absolute Gasteiger partial charge is 0.326 e. The van der Waals surface area contributed by atoms with Crippen LogP contribution in [0.2, 0.25) is 0 Å². The van der Waals surface area contributed by atoms with Crippen molar-refractivity contribution in [3.05, 3.63) is 53.6 Å². The van der Waals surface area contributed by atoms with Crippen LogP contribution in [0.3, 0.4) is 0 Å². The topological polar surface area (TPSA) is 113 Å². The van der Waals surface area contributed by atoms with Gasteiger partial charge in [0.1, 0.15) is 0 Å². The fourth-order valence-electron chi connectivity index (χ4n) is 3.75. The number of aryl methyl sites for hydroxylation is 2. The summed E-state index contributed by atoms with van der Waals surface area (Å²) in [6.45, 7) is 2.89. The Morgan fingerprint density at radius 3 is 2.18 bits per heavy atom. The molecule has 1 aliphatic heterocycles. The van der Waals surface area contributed by atoms with E-state index in [1.165, 1.54) is 0 Å². The predicted octanol–water partition coefficient (Wildman–Crippen LogP) is 3.50. The Morgan fingerprint density at radius 2 is 1.58 bits per heavy atom. The Morgan fingerprint density at radius 1 is 0.939 bits per heavy atom. The van der Waals surface area contributed by atoms with Crippen LogP contribution in [0.15, 0.2) is 47.4 Å². The number of sulfonamides is 2. The molecule has 0 saturated carbocycles. The Kier molecular flexibility index (Phi) is 8.14. The molecule has 1 aliphatic rings. The lowest BCUT2D eigenvalue weighted by atomic mass is 10.1. The minimum absolute atomic E-state index is 0.209. The quantitative estimate of drug-likeness (QED) is 0.584. The predicted molar refractivity (Wildman–Crippen MR) is 130 cm³/mol. The molecule has 10 heteroatoms. The number of benzene rings is 2. The number of carbonyl (C=O) groups excluding carboxylic acids is 1. The van der Waals surface area contributed by atoms with E-state index < -0.39 is 20.0 Å². The van der Waals surface area contributed by atoms with Crippen molar-refractivity contribution in [1.82, 2.24) is 4.31 Å². The van der Waals surface area contributed by atoms with Crippen LogP contribution in [0.5, 0.6) is 0 Å². The lowest BCUT2D eigenvalue weighted by molar-refractivity contribution is -0.116. The lowest BCUT2D eigenvalue weighted by Gasteiger charge is -2.20. The van der Waals surface area contributed by atoms with E-state index in [9.17, 15) is 21.6 Å². The summed E-state index contributed by atoms with van der Waals surface area (Å²) in [5, 5.41) is 2.77. The number of nitrogens with zero attached hydrogens (tertiary/aromatic N) is 1. The molecule has 1 heterocycles. The molecule has 0 bridgehead atoms. The zero-order chi connectivity index (χ0) is 24.1. The average Bonchev–Trinajstić information content (AvgIpc) is 3.04. The number of rotatable bonds is 8. The third-order valence-electron chi connectivity index (χ3n) is 5.58. The average molecular weight is 494 g/mol. The zero-order valence-electron chi connectivity index (χ0n) is 19.0. The van der Waals surface area contributed by atoms with Crippen molar-refractivity contribution in [1.29, 1.82) is 0 Å². The smallest absolute Gasteiger partial charge is 0.243 e. The van der Waals surface area contributed by atoms with Crippen LogP contribution in [0.25, 0.3) is 0 Å². The third kappa shape index (κ3) is 7.28. The molecule has 0 spiro atoms. The highest BCUT2D eigenvalue weighted by Crippen LogP contribution is 2.23. The van der Waals surface area contributed by atoms with Crippen LogP contribution in [0.1, 0.15) is 43.2 Å². The summed E-state index contributed by atoms with van der Waals surface area (Å²) in [6.07, 6.45) is 5.63. The van der Waals surface area contributed by atoms with Gasteiger partial charge in [-0.3, -0.25) is 9.52 Å². The molecule has 1 fully saturated rings. The molecule has 180 valence electrons. The number of nitrogens with one attached hydrogen (secondary N) is 2. The molecule has 0 radical (unpaired) electrons. The second kappa shape index (κ2) is 10.7. The number of carbonyl (C=O) groups is 1. The summed E-state index contributed by atoms with van der Waals surface area (Å²) in [4.78, 5) is 12.7. The van der Waals surface area contributed by atoms with Gasteiger partial charge in [-0.15, -0.1) is 0 Å². The van der Waals surface area contributed by atoms with E-state index in [4.69, 9.17) is 0 Å². The molecule has 0 aliphatic carbocycles. The standard InChI is InChI=1S/C23H31N3O5S2/c1-18-7-11-20(17-22(18)25-32(2,28)29)24-23(27)14-10-19-8-12-21(13-9-19)33(30,31)26-15-5-3-4-6-16-26/h7-9,11-13,17,25H,3-6,10,14-16H2,1-2H3,(H,24,27). The van der Waals surface area contributed by atoms with Gasteiger partial charge in [-0.05, 0) is 61.6 Å². The van der Waals surface area contributed by atoms with Crippen LogP contribution in [-0.4, -0.2) is 46.4 Å². The first kappa shape index (κ1) is 25.2. The van der Waals surface area contributed by atoms with Crippen molar-refractivity contribution >= 4 is 37.3 Å². The van der Waals surface area contributed by atoms with Gasteiger partial charge >= 0.3 is 0 Å². The van der Waals surface area contributed by atoms with Gasteiger partial charge in [0.2, 0.25) is 26.0 Å². The monoisotopic (exact) mass is 493 g/mol. The van der Waals surface area contributed by atoms with E-state index in [2.05, 4.69) is 10.0 Å². The summed E-state index contributed by atoms with van der Waals surface area (Å²) in [5.74, 6) is -0.217. The Labute approximate surface area is 196 Å². The van der Waals surface area contributed by atoms with Gasteiger partial charge in [-0.2, -0.15) is 4.31 Å². The first-order valence-electron chi connectivity index (χ1n) is 11.0. The Hall–Kier alpha value is -2.43. The highest BCUT2D eigenvalue weighted by Gasteiger charge is 2.24. The lowest BCUT2D eigenvalue weighted by Crippen LogP contribution is -2.31. The van der Waals surface area contributed by atoms with Gasteiger partial charge in [-0.25, -0.2) is 16.8 Å². The number of hydrogen-bond acceptors (Lipinski definition) is 5. The van der Waals surface area contributed by atoms with Gasteiger partial charge in [0, 0.05) is 25.2 Å². The fourth-order valence-corrected chi connectivity index (χ4v) is 5.89. The van der Waals surface area contributed by atoms with Crippen molar-refractivity contribution in [2.45, 2.75) is 50.3 Å². The highest BCUT2D eigenvalue weighted by atomic mass is 32.2. The number of anilines is 2. The molecule has 3 rings (SSSR count). The first-order chi connectivity index (χ1) is 15.5. The van der Waals surface area contributed by atoms with Crippen molar-refractivity contribution in [3.8, 4) is 0 Å². The SMILES string of the molecule is Cc1ccc(NC(=O)CCc2ccc(S(=O)(=O)N3CCCCCC3)cc2)cc1NS(C)(=O)=O. The molecule has 2 N–H and O–H groups in total. The van der Waals surface area contributed by atoms with E-state index in [-0.39, 0.29) is 17.2 Å². The highest BCUT2D eigenvalue weighted by molar-refractivity contribution is 7.92. The van der Waals surface area contributed by atoms with Gasteiger partial charge in [0.15, 0.2) is 0 Å².